The first-order valence-electron chi connectivity index (χ1n) is 6.27. The molecule has 116 valence electrons. The minimum Gasteiger partial charge on any atom is -0.494 e. The summed E-state index contributed by atoms with van der Waals surface area (Å²) in [7, 11) is -0.256. The molecule has 1 heterocycles. The minimum atomic E-state index is -3.29. The second-order valence-electron chi connectivity index (χ2n) is 4.58. The Morgan fingerprint density at radius 1 is 1.14 bits per heavy atom. The lowest BCUT2D eigenvalue weighted by Gasteiger charge is -2.15. The van der Waals surface area contributed by atoms with Crippen molar-refractivity contribution in [3.05, 3.63) is 42.2 Å². The van der Waals surface area contributed by atoms with Crippen LogP contribution in [-0.4, -0.2) is 44.7 Å². The smallest absolute Gasteiger partial charge is 0.260 e. The number of hydrogen-bond acceptors (Lipinski definition) is 6. The van der Waals surface area contributed by atoms with Crippen molar-refractivity contribution in [3.8, 4) is 5.75 Å². The Labute approximate surface area is 128 Å². The molecular formula is C14H15N3O4S. The van der Waals surface area contributed by atoms with Crippen molar-refractivity contribution >= 4 is 21.7 Å². The topological polar surface area (TPSA) is 89.5 Å². The molecular weight excluding hydrogens is 306 g/mol. The first-order valence-corrected chi connectivity index (χ1v) is 8.16. The zero-order valence-corrected chi connectivity index (χ0v) is 13.2. The van der Waals surface area contributed by atoms with Crippen LogP contribution in [0.1, 0.15) is 10.4 Å². The van der Waals surface area contributed by atoms with E-state index in [-0.39, 0.29) is 16.8 Å². The van der Waals surface area contributed by atoms with Gasteiger partial charge in [0.2, 0.25) is 5.95 Å². The highest BCUT2D eigenvalue weighted by Crippen LogP contribution is 2.15. The maximum Gasteiger partial charge on any atom is 0.260 e. The summed E-state index contributed by atoms with van der Waals surface area (Å²) in [5, 5.41) is 0. The van der Waals surface area contributed by atoms with Crippen molar-refractivity contribution in [2.24, 2.45) is 0 Å². The number of rotatable bonds is 4. The van der Waals surface area contributed by atoms with E-state index >= 15 is 0 Å². The summed E-state index contributed by atoms with van der Waals surface area (Å²) in [6.07, 6.45) is 4.03. The van der Waals surface area contributed by atoms with Gasteiger partial charge in [-0.15, -0.1) is 0 Å². The largest absolute Gasteiger partial charge is 0.494 e. The van der Waals surface area contributed by atoms with Crippen molar-refractivity contribution in [1.82, 2.24) is 9.97 Å². The molecule has 0 bridgehead atoms. The Bertz CT molecular complexity index is 771. The number of nitrogens with zero attached hydrogens (tertiary/aromatic N) is 3. The highest BCUT2D eigenvalue weighted by Gasteiger charge is 2.16. The molecule has 0 aliphatic heterocycles. The third-order valence-corrected chi connectivity index (χ3v) is 4.11. The normalized spacial score (nSPS) is 11.0. The fraction of sp³-hybridized carbons (Fsp3) is 0.214. The number of carbonyl (C=O) groups is 1. The average molecular weight is 321 g/mol. The number of carbonyl (C=O) groups excluding carboxylic acids is 1. The molecule has 0 radical (unpaired) electrons. The molecule has 2 aromatic rings. The van der Waals surface area contributed by atoms with E-state index in [4.69, 9.17) is 4.74 Å². The Morgan fingerprint density at radius 2 is 1.68 bits per heavy atom. The van der Waals surface area contributed by atoms with Gasteiger partial charge in [-0.2, -0.15) is 0 Å². The van der Waals surface area contributed by atoms with E-state index in [1.165, 1.54) is 55.7 Å². The molecule has 0 fully saturated rings. The van der Waals surface area contributed by atoms with Gasteiger partial charge in [0.05, 0.1) is 24.4 Å². The Morgan fingerprint density at radius 3 is 2.14 bits per heavy atom. The summed E-state index contributed by atoms with van der Waals surface area (Å²) in [5.41, 5.74) is 0.342. The van der Waals surface area contributed by atoms with E-state index in [0.717, 1.165) is 6.26 Å². The summed E-state index contributed by atoms with van der Waals surface area (Å²) in [5.74, 6) is 0.366. The van der Waals surface area contributed by atoms with E-state index in [1.54, 1.807) is 0 Å². The summed E-state index contributed by atoms with van der Waals surface area (Å²) in [6.45, 7) is 0. The second kappa shape index (κ2) is 6.10. The summed E-state index contributed by atoms with van der Waals surface area (Å²) in [4.78, 5) is 21.8. The van der Waals surface area contributed by atoms with Gasteiger partial charge in [-0.1, -0.05) is 0 Å². The molecule has 0 saturated heterocycles. The van der Waals surface area contributed by atoms with Gasteiger partial charge >= 0.3 is 0 Å². The molecule has 1 aromatic carbocycles. The fourth-order valence-corrected chi connectivity index (χ4v) is 2.35. The first-order chi connectivity index (χ1) is 10.3. The van der Waals surface area contributed by atoms with E-state index in [9.17, 15) is 13.2 Å². The molecule has 2 rings (SSSR count). The molecule has 0 aliphatic carbocycles. The SMILES string of the molecule is COc1cnc(N(C)C(=O)c2ccc(S(C)(=O)=O)cc2)nc1. The molecule has 1 amide bonds. The van der Waals surface area contributed by atoms with Crippen LogP contribution in [0.3, 0.4) is 0 Å². The van der Waals surface area contributed by atoms with E-state index in [0.29, 0.717) is 11.3 Å². The fourth-order valence-electron chi connectivity index (χ4n) is 1.72. The molecule has 0 N–H and O–H groups in total. The maximum absolute atomic E-state index is 12.3. The van der Waals surface area contributed by atoms with Crippen molar-refractivity contribution in [2.45, 2.75) is 4.90 Å². The predicted molar refractivity (Wildman–Crippen MR) is 80.9 cm³/mol. The molecule has 0 aliphatic rings. The van der Waals surface area contributed by atoms with Gasteiger partial charge in [0.1, 0.15) is 0 Å². The average Bonchev–Trinajstić information content (AvgIpc) is 2.53. The quantitative estimate of drug-likeness (QED) is 0.839. The highest BCUT2D eigenvalue weighted by atomic mass is 32.2. The van der Waals surface area contributed by atoms with Crippen molar-refractivity contribution < 1.29 is 17.9 Å². The second-order valence-corrected chi connectivity index (χ2v) is 6.60. The number of sulfone groups is 1. The zero-order chi connectivity index (χ0) is 16.3. The van der Waals surface area contributed by atoms with E-state index in [1.807, 2.05) is 0 Å². The van der Waals surface area contributed by atoms with Gasteiger partial charge in [-0.25, -0.2) is 18.4 Å². The van der Waals surface area contributed by atoms with Gasteiger partial charge in [0.15, 0.2) is 15.6 Å². The molecule has 0 saturated carbocycles. The number of methoxy groups -OCH3 is 1. The number of hydrogen-bond donors (Lipinski definition) is 0. The van der Waals surface area contributed by atoms with Crippen LogP contribution in [0.4, 0.5) is 5.95 Å². The van der Waals surface area contributed by atoms with E-state index < -0.39 is 9.84 Å². The summed E-state index contributed by atoms with van der Waals surface area (Å²) < 4.78 is 27.8. The van der Waals surface area contributed by atoms with Crippen LogP contribution in [0.5, 0.6) is 5.75 Å². The lowest BCUT2D eigenvalue weighted by Crippen LogP contribution is -2.28. The number of aromatic nitrogens is 2. The molecule has 22 heavy (non-hydrogen) atoms. The third-order valence-electron chi connectivity index (χ3n) is 2.98. The van der Waals surface area contributed by atoms with Crippen LogP contribution < -0.4 is 9.64 Å². The molecule has 0 atom stereocenters. The van der Waals surface area contributed by atoms with Crippen molar-refractivity contribution in [2.75, 3.05) is 25.3 Å². The predicted octanol–water partition coefficient (Wildman–Crippen LogP) is 1.17. The van der Waals surface area contributed by atoms with Gasteiger partial charge in [-0.3, -0.25) is 9.69 Å². The third kappa shape index (κ3) is 3.40. The standard InChI is InChI=1S/C14H15N3O4S/c1-17(14-15-8-11(21-2)9-16-14)13(18)10-4-6-12(7-5-10)22(3,19)20/h4-9H,1-3H3. The van der Waals surface area contributed by atoms with E-state index in [2.05, 4.69) is 9.97 Å². The van der Waals surface area contributed by atoms with Crippen LogP contribution in [0.25, 0.3) is 0 Å². The zero-order valence-electron chi connectivity index (χ0n) is 12.3. The van der Waals surface area contributed by atoms with Gasteiger partial charge in [-0.05, 0) is 24.3 Å². The number of amides is 1. The van der Waals surface area contributed by atoms with Gasteiger partial charge < -0.3 is 4.74 Å². The van der Waals surface area contributed by atoms with Crippen molar-refractivity contribution in [3.63, 3.8) is 0 Å². The number of benzene rings is 1. The monoisotopic (exact) mass is 321 g/mol. The van der Waals surface area contributed by atoms with Crippen LogP contribution in [-0.2, 0) is 9.84 Å². The number of ether oxygens (including phenoxy) is 1. The summed E-state index contributed by atoms with van der Waals surface area (Å²) >= 11 is 0. The van der Waals surface area contributed by atoms with Crippen LogP contribution >= 0.6 is 0 Å². The molecule has 0 unspecified atom stereocenters. The Kier molecular flexibility index (Phi) is 4.41. The lowest BCUT2D eigenvalue weighted by molar-refractivity contribution is 0.0991. The molecule has 7 nitrogen and oxygen atoms in total. The highest BCUT2D eigenvalue weighted by molar-refractivity contribution is 7.90. The molecule has 1 aromatic heterocycles. The minimum absolute atomic E-state index is 0.160. The van der Waals surface area contributed by atoms with Gasteiger partial charge in [0, 0.05) is 18.9 Å². The Hall–Kier alpha value is -2.48. The summed E-state index contributed by atoms with van der Waals surface area (Å²) in [6, 6.07) is 5.70. The lowest BCUT2D eigenvalue weighted by atomic mass is 10.2. The first kappa shape index (κ1) is 15.9. The van der Waals surface area contributed by atoms with Crippen LogP contribution in [0, 0.1) is 0 Å². The molecule has 0 spiro atoms. The van der Waals surface area contributed by atoms with Crippen LogP contribution in [0.15, 0.2) is 41.6 Å². The maximum atomic E-state index is 12.3. The van der Waals surface area contributed by atoms with Gasteiger partial charge in [0.25, 0.3) is 5.91 Å². The van der Waals surface area contributed by atoms with Crippen molar-refractivity contribution in [1.29, 1.82) is 0 Å². The molecule has 8 heteroatoms. The Balaban J connectivity index is 2.22. The van der Waals surface area contributed by atoms with Crippen LogP contribution in [0.2, 0.25) is 0 Å². The number of anilines is 1.